The molecule has 0 radical (unpaired) electrons. The van der Waals surface area contributed by atoms with Gasteiger partial charge in [0, 0.05) is 12.5 Å². The van der Waals surface area contributed by atoms with Gasteiger partial charge in [-0.15, -0.1) is 10.2 Å². The Labute approximate surface area is 119 Å². The number of amides is 2. The van der Waals surface area contributed by atoms with Crippen LogP contribution in [0.2, 0.25) is 0 Å². The van der Waals surface area contributed by atoms with Crippen molar-refractivity contribution in [1.82, 2.24) is 10.2 Å². The lowest BCUT2D eigenvalue weighted by Crippen LogP contribution is -2.32. The molecule has 0 aromatic carbocycles. The van der Waals surface area contributed by atoms with Crippen molar-refractivity contribution in [3.8, 4) is 0 Å². The summed E-state index contributed by atoms with van der Waals surface area (Å²) in [7, 11) is 0. The lowest BCUT2D eigenvalue weighted by molar-refractivity contribution is -0.118. The largest absolute Gasteiger partial charge is 0.369 e. The molecule has 104 valence electrons. The maximum absolute atomic E-state index is 11.9. The zero-order valence-corrected chi connectivity index (χ0v) is 12.5. The summed E-state index contributed by atoms with van der Waals surface area (Å²) in [5, 5.41) is 8.35. The standard InChI is InChI=1S/C11H16N4O2S2/c1-3-8(16)15(7-4-5-7)10-13-14-11(19-10)18-6(2)9(12)17/h6-7H,3-5H2,1-2H3,(H2,12,17)/t6-/m0/s1. The number of carbonyl (C=O) groups is 2. The second-order valence-corrected chi connectivity index (χ2v) is 6.91. The van der Waals surface area contributed by atoms with Crippen molar-refractivity contribution < 1.29 is 9.59 Å². The molecule has 1 aliphatic carbocycles. The van der Waals surface area contributed by atoms with E-state index in [0.717, 1.165) is 12.8 Å². The summed E-state index contributed by atoms with van der Waals surface area (Å²) in [6.45, 7) is 3.56. The number of nitrogens with zero attached hydrogens (tertiary/aromatic N) is 3. The summed E-state index contributed by atoms with van der Waals surface area (Å²) < 4.78 is 0.663. The van der Waals surface area contributed by atoms with Crippen molar-refractivity contribution in [2.45, 2.75) is 48.7 Å². The maximum Gasteiger partial charge on any atom is 0.230 e. The van der Waals surface area contributed by atoms with Crippen molar-refractivity contribution in [3.05, 3.63) is 0 Å². The van der Waals surface area contributed by atoms with Crippen LogP contribution < -0.4 is 10.6 Å². The van der Waals surface area contributed by atoms with Gasteiger partial charge in [0.15, 0.2) is 4.34 Å². The van der Waals surface area contributed by atoms with Crippen molar-refractivity contribution in [3.63, 3.8) is 0 Å². The molecule has 0 aliphatic heterocycles. The van der Waals surface area contributed by atoms with E-state index in [2.05, 4.69) is 10.2 Å². The summed E-state index contributed by atoms with van der Waals surface area (Å²) in [5.41, 5.74) is 5.21. The van der Waals surface area contributed by atoms with E-state index < -0.39 is 0 Å². The molecule has 0 unspecified atom stereocenters. The van der Waals surface area contributed by atoms with Crippen LogP contribution in [0.15, 0.2) is 4.34 Å². The predicted octanol–water partition coefficient (Wildman–Crippen LogP) is 1.41. The highest BCUT2D eigenvalue weighted by Crippen LogP contribution is 2.36. The molecule has 1 heterocycles. The minimum Gasteiger partial charge on any atom is -0.369 e. The van der Waals surface area contributed by atoms with E-state index in [1.54, 1.807) is 11.8 Å². The number of primary amides is 1. The molecule has 0 saturated heterocycles. The van der Waals surface area contributed by atoms with E-state index in [9.17, 15) is 9.59 Å². The molecule has 0 bridgehead atoms. The highest BCUT2D eigenvalue weighted by molar-refractivity contribution is 8.02. The van der Waals surface area contributed by atoms with Crippen LogP contribution >= 0.6 is 23.1 Å². The molecule has 0 spiro atoms. The Morgan fingerprint density at radius 2 is 2.21 bits per heavy atom. The van der Waals surface area contributed by atoms with Crippen LogP contribution in [-0.4, -0.2) is 33.3 Å². The highest BCUT2D eigenvalue weighted by atomic mass is 32.2. The molecule has 8 heteroatoms. The number of carbonyl (C=O) groups excluding carboxylic acids is 2. The molecule has 1 saturated carbocycles. The van der Waals surface area contributed by atoms with Gasteiger partial charge >= 0.3 is 0 Å². The van der Waals surface area contributed by atoms with E-state index in [0.29, 0.717) is 15.9 Å². The first-order chi connectivity index (χ1) is 9.02. The molecule has 2 amide bonds. The average molecular weight is 300 g/mol. The van der Waals surface area contributed by atoms with E-state index in [1.165, 1.54) is 23.1 Å². The molecule has 1 aromatic rings. The molecule has 19 heavy (non-hydrogen) atoms. The van der Waals surface area contributed by atoms with Crippen molar-refractivity contribution >= 4 is 40.0 Å². The molecular formula is C11H16N4O2S2. The van der Waals surface area contributed by atoms with Gasteiger partial charge in [-0.2, -0.15) is 0 Å². The summed E-state index contributed by atoms with van der Waals surface area (Å²) in [6.07, 6.45) is 2.49. The summed E-state index contributed by atoms with van der Waals surface area (Å²) in [4.78, 5) is 24.7. The molecular weight excluding hydrogens is 284 g/mol. The number of nitrogens with two attached hydrogens (primary N) is 1. The lowest BCUT2D eigenvalue weighted by atomic mass is 10.4. The minimum atomic E-state index is -0.384. The normalized spacial score (nSPS) is 16.1. The van der Waals surface area contributed by atoms with Gasteiger partial charge in [0.05, 0.1) is 5.25 Å². The smallest absolute Gasteiger partial charge is 0.230 e. The van der Waals surface area contributed by atoms with Crippen LogP contribution in [0.4, 0.5) is 5.13 Å². The van der Waals surface area contributed by atoms with Gasteiger partial charge in [-0.25, -0.2) is 0 Å². The lowest BCUT2D eigenvalue weighted by Gasteiger charge is -2.17. The Morgan fingerprint density at radius 3 is 2.74 bits per heavy atom. The Morgan fingerprint density at radius 1 is 1.53 bits per heavy atom. The Hall–Kier alpha value is -1.15. The van der Waals surface area contributed by atoms with Gasteiger partial charge in [0.1, 0.15) is 0 Å². The van der Waals surface area contributed by atoms with Crippen molar-refractivity contribution in [2.24, 2.45) is 5.73 Å². The first-order valence-electron chi connectivity index (χ1n) is 6.14. The SMILES string of the molecule is CCC(=O)N(c1nnc(S[C@@H](C)C(N)=O)s1)C1CC1. The quantitative estimate of drug-likeness (QED) is 0.634. The molecule has 2 N–H and O–H groups in total. The van der Waals surface area contributed by atoms with Gasteiger partial charge in [-0.3, -0.25) is 14.5 Å². The topological polar surface area (TPSA) is 89.2 Å². The molecule has 1 aliphatic rings. The fourth-order valence-corrected chi connectivity index (χ4v) is 3.55. The fourth-order valence-electron chi connectivity index (χ4n) is 1.53. The van der Waals surface area contributed by atoms with Gasteiger partial charge in [0.2, 0.25) is 16.9 Å². The third kappa shape index (κ3) is 3.44. The Kier molecular flexibility index (Phi) is 4.41. The monoisotopic (exact) mass is 300 g/mol. The van der Waals surface area contributed by atoms with E-state index in [-0.39, 0.29) is 23.1 Å². The third-order valence-electron chi connectivity index (χ3n) is 2.76. The van der Waals surface area contributed by atoms with Crippen LogP contribution in [0.5, 0.6) is 0 Å². The van der Waals surface area contributed by atoms with E-state index >= 15 is 0 Å². The number of aromatic nitrogens is 2. The fraction of sp³-hybridized carbons (Fsp3) is 0.636. The van der Waals surface area contributed by atoms with E-state index in [1.807, 2.05) is 6.92 Å². The summed E-state index contributed by atoms with van der Waals surface area (Å²) in [5.74, 6) is -0.316. The Bertz CT molecular complexity index is 487. The predicted molar refractivity (Wildman–Crippen MR) is 75.2 cm³/mol. The Balaban J connectivity index is 2.10. The number of anilines is 1. The zero-order chi connectivity index (χ0) is 14.0. The number of rotatable bonds is 6. The average Bonchev–Trinajstić information content (AvgIpc) is 3.10. The van der Waals surface area contributed by atoms with Crippen molar-refractivity contribution in [1.29, 1.82) is 0 Å². The maximum atomic E-state index is 11.9. The third-order valence-corrected chi connectivity index (χ3v) is 4.89. The highest BCUT2D eigenvalue weighted by Gasteiger charge is 2.35. The van der Waals surface area contributed by atoms with Crippen LogP contribution in [0.25, 0.3) is 0 Å². The van der Waals surface area contributed by atoms with E-state index in [4.69, 9.17) is 5.73 Å². The summed E-state index contributed by atoms with van der Waals surface area (Å²) >= 11 is 2.61. The van der Waals surface area contributed by atoms with Crippen molar-refractivity contribution in [2.75, 3.05) is 4.90 Å². The van der Waals surface area contributed by atoms with Crippen LogP contribution in [0, 0.1) is 0 Å². The molecule has 1 aromatic heterocycles. The second kappa shape index (κ2) is 5.87. The van der Waals surface area contributed by atoms with Gasteiger partial charge in [0.25, 0.3) is 0 Å². The first-order valence-corrected chi connectivity index (χ1v) is 7.84. The van der Waals surface area contributed by atoms with Gasteiger partial charge < -0.3 is 5.73 Å². The zero-order valence-electron chi connectivity index (χ0n) is 10.8. The number of hydrogen-bond donors (Lipinski definition) is 1. The van der Waals surface area contributed by atoms with Gasteiger partial charge in [-0.1, -0.05) is 30.0 Å². The van der Waals surface area contributed by atoms with Crippen LogP contribution in [-0.2, 0) is 9.59 Å². The molecule has 1 fully saturated rings. The first kappa shape index (κ1) is 14.3. The minimum absolute atomic E-state index is 0.0677. The molecule has 6 nitrogen and oxygen atoms in total. The second-order valence-electron chi connectivity index (χ2n) is 4.36. The molecule has 1 atom stereocenters. The van der Waals surface area contributed by atoms with Crippen LogP contribution in [0.1, 0.15) is 33.1 Å². The number of hydrogen-bond acceptors (Lipinski definition) is 6. The summed E-state index contributed by atoms with van der Waals surface area (Å²) in [6, 6.07) is 0.270. The van der Waals surface area contributed by atoms with Gasteiger partial charge in [-0.05, 0) is 19.8 Å². The van der Waals surface area contributed by atoms with Crippen LogP contribution in [0.3, 0.4) is 0 Å². The molecule has 2 rings (SSSR count). The number of thioether (sulfide) groups is 1.